The molecule has 230 valence electrons. The highest BCUT2D eigenvalue weighted by Crippen LogP contribution is 2.34. The summed E-state index contributed by atoms with van der Waals surface area (Å²) in [5.74, 6) is 0.759. The zero-order valence-electron chi connectivity index (χ0n) is 28.0. The van der Waals surface area contributed by atoms with E-state index in [1.807, 2.05) is 45.9 Å². The number of benzene rings is 3. The standard InChI is InChI=1S/C35H44N4OS.C2H6/c1-9-12-13-27(10-2)21-39(11-3)31-19-23(5)30(18-24(31)6)37-38-35-36-29-15-14-28(20-32(29)41-35)34(40)33-25(7)16-22(4)17-26(33)8;1-2/h14-20,27H,9-13,21H2,1-8H3;1-2H3. The summed E-state index contributed by atoms with van der Waals surface area (Å²) in [6, 6.07) is 14.2. The highest BCUT2D eigenvalue weighted by Gasteiger charge is 2.18. The quantitative estimate of drug-likeness (QED) is 0.120. The van der Waals surface area contributed by atoms with Gasteiger partial charge in [0.2, 0.25) is 5.13 Å². The number of hydrogen-bond acceptors (Lipinski definition) is 6. The van der Waals surface area contributed by atoms with Gasteiger partial charge in [-0.05, 0) is 106 Å². The summed E-state index contributed by atoms with van der Waals surface area (Å²) < 4.78 is 0.933. The Balaban J connectivity index is 0.00000248. The van der Waals surface area contributed by atoms with Crippen molar-refractivity contribution in [1.29, 1.82) is 0 Å². The van der Waals surface area contributed by atoms with Gasteiger partial charge in [0.25, 0.3) is 0 Å². The van der Waals surface area contributed by atoms with Crippen LogP contribution in [0.15, 0.2) is 52.7 Å². The minimum atomic E-state index is 0.0430. The average Bonchev–Trinajstić information content (AvgIpc) is 3.40. The van der Waals surface area contributed by atoms with Crippen LogP contribution < -0.4 is 4.90 Å². The highest BCUT2D eigenvalue weighted by molar-refractivity contribution is 7.21. The number of carbonyl (C=O) groups excluding carboxylic acids is 1. The Morgan fingerprint density at radius 3 is 2.21 bits per heavy atom. The van der Waals surface area contributed by atoms with E-state index in [4.69, 9.17) is 0 Å². The molecule has 0 saturated heterocycles. The third-order valence-corrected chi connectivity index (χ3v) is 8.95. The fourth-order valence-electron chi connectivity index (χ4n) is 5.74. The number of ketones is 1. The molecule has 0 saturated carbocycles. The molecule has 0 radical (unpaired) electrons. The summed E-state index contributed by atoms with van der Waals surface area (Å²) in [6.45, 7) is 23.2. The van der Waals surface area contributed by atoms with Crippen molar-refractivity contribution in [2.75, 3.05) is 18.0 Å². The predicted octanol–water partition coefficient (Wildman–Crippen LogP) is 11.6. The van der Waals surface area contributed by atoms with E-state index >= 15 is 0 Å². The molecule has 0 fully saturated rings. The SMILES string of the molecule is CC.CCCCC(CC)CN(CC)c1cc(C)c(N=Nc2nc3ccc(C(=O)c4c(C)cc(C)cc4C)cc3s2)cc1C. The van der Waals surface area contributed by atoms with E-state index in [2.05, 4.69) is 85.9 Å². The summed E-state index contributed by atoms with van der Waals surface area (Å²) in [7, 11) is 0. The first-order valence-electron chi connectivity index (χ1n) is 16.0. The Morgan fingerprint density at radius 2 is 1.58 bits per heavy atom. The van der Waals surface area contributed by atoms with E-state index in [0.29, 0.717) is 16.6 Å². The fraction of sp³-hybridized carbons (Fsp3) is 0.459. The Kier molecular flexibility index (Phi) is 12.6. The van der Waals surface area contributed by atoms with Gasteiger partial charge in [0, 0.05) is 29.9 Å². The van der Waals surface area contributed by atoms with E-state index in [9.17, 15) is 4.79 Å². The van der Waals surface area contributed by atoms with E-state index in [0.717, 1.165) is 51.2 Å². The van der Waals surface area contributed by atoms with Gasteiger partial charge >= 0.3 is 0 Å². The molecule has 4 aromatic rings. The number of unbranched alkanes of at least 4 members (excludes halogenated alkanes) is 1. The van der Waals surface area contributed by atoms with Gasteiger partial charge in [-0.2, -0.15) is 0 Å². The van der Waals surface area contributed by atoms with E-state index in [1.165, 1.54) is 53.8 Å². The maximum atomic E-state index is 13.4. The van der Waals surface area contributed by atoms with Crippen LogP contribution in [0.2, 0.25) is 0 Å². The lowest BCUT2D eigenvalue weighted by Crippen LogP contribution is -2.29. The summed E-state index contributed by atoms with van der Waals surface area (Å²) in [5, 5.41) is 9.70. The van der Waals surface area contributed by atoms with Crippen molar-refractivity contribution in [1.82, 2.24) is 4.98 Å². The first-order chi connectivity index (χ1) is 20.6. The van der Waals surface area contributed by atoms with Gasteiger partial charge in [-0.3, -0.25) is 4.79 Å². The molecule has 1 atom stereocenters. The zero-order valence-corrected chi connectivity index (χ0v) is 28.8. The number of thiazole rings is 1. The van der Waals surface area contributed by atoms with Crippen LogP contribution >= 0.6 is 11.3 Å². The van der Waals surface area contributed by atoms with Crippen LogP contribution in [0.3, 0.4) is 0 Å². The minimum Gasteiger partial charge on any atom is -0.371 e. The molecule has 0 aliphatic heterocycles. The van der Waals surface area contributed by atoms with Gasteiger partial charge in [-0.15, -0.1) is 10.2 Å². The number of hydrogen-bond donors (Lipinski definition) is 0. The van der Waals surface area contributed by atoms with Crippen LogP contribution in [0.5, 0.6) is 0 Å². The van der Waals surface area contributed by atoms with Crippen LogP contribution in [-0.2, 0) is 0 Å². The highest BCUT2D eigenvalue weighted by atomic mass is 32.1. The second-order valence-corrected chi connectivity index (χ2v) is 12.4. The Hall–Kier alpha value is -3.38. The topological polar surface area (TPSA) is 57.9 Å². The predicted molar refractivity (Wildman–Crippen MR) is 186 cm³/mol. The molecular weight excluding hydrogens is 549 g/mol. The molecular formula is C37H50N4OS. The van der Waals surface area contributed by atoms with Crippen molar-refractivity contribution in [2.24, 2.45) is 16.1 Å². The van der Waals surface area contributed by atoms with Crippen molar-refractivity contribution >= 4 is 43.8 Å². The van der Waals surface area contributed by atoms with Crippen molar-refractivity contribution in [3.05, 3.63) is 81.4 Å². The average molecular weight is 599 g/mol. The molecule has 0 spiro atoms. The number of anilines is 1. The molecule has 0 N–H and O–H groups in total. The van der Waals surface area contributed by atoms with Crippen molar-refractivity contribution in [3.8, 4) is 0 Å². The Bertz CT molecular complexity index is 1550. The molecule has 4 rings (SSSR count). The number of azo groups is 1. The molecule has 0 aliphatic rings. The molecule has 3 aromatic carbocycles. The van der Waals surface area contributed by atoms with Gasteiger partial charge in [0.15, 0.2) is 5.78 Å². The molecule has 0 amide bonds. The van der Waals surface area contributed by atoms with Crippen LogP contribution in [-0.4, -0.2) is 23.9 Å². The van der Waals surface area contributed by atoms with Gasteiger partial charge in [0.05, 0.1) is 15.9 Å². The second kappa shape index (κ2) is 15.9. The van der Waals surface area contributed by atoms with Crippen LogP contribution in [0.25, 0.3) is 10.2 Å². The fourth-order valence-corrected chi connectivity index (χ4v) is 6.56. The number of rotatable bonds is 12. The molecule has 0 aliphatic carbocycles. The van der Waals surface area contributed by atoms with Gasteiger partial charge in [0.1, 0.15) is 0 Å². The number of carbonyl (C=O) groups is 1. The Morgan fingerprint density at radius 1 is 0.884 bits per heavy atom. The van der Waals surface area contributed by atoms with Crippen LogP contribution in [0.1, 0.15) is 104 Å². The lowest BCUT2D eigenvalue weighted by Gasteiger charge is -2.30. The van der Waals surface area contributed by atoms with Crippen molar-refractivity contribution < 1.29 is 4.79 Å². The summed E-state index contributed by atoms with van der Waals surface area (Å²) >= 11 is 1.46. The van der Waals surface area contributed by atoms with E-state index < -0.39 is 0 Å². The molecule has 0 bridgehead atoms. The van der Waals surface area contributed by atoms with Crippen LogP contribution in [0, 0.1) is 40.5 Å². The molecule has 1 unspecified atom stereocenters. The number of aryl methyl sites for hydroxylation is 5. The normalized spacial score (nSPS) is 12.0. The first kappa shape index (κ1) is 34.1. The first-order valence-corrected chi connectivity index (χ1v) is 16.8. The molecule has 43 heavy (non-hydrogen) atoms. The van der Waals surface area contributed by atoms with Gasteiger partial charge in [-0.25, -0.2) is 4.98 Å². The Labute approximate surface area is 263 Å². The van der Waals surface area contributed by atoms with Gasteiger partial charge in [-0.1, -0.05) is 76.0 Å². The van der Waals surface area contributed by atoms with Gasteiger partial charge < -0.3 is 4.90 Å². The minimum absolute atomic E-state index is 0.0430. The largest absolute Gasteiger partial charge is 0.371 e. The monoisotopic (exact) mass is 598 g/mol. The smallest absolute Gasteiger partial charge is 0.231 e. The molecule has 1 heterocycles. The summed E-state index contributed by atoms with van der Waals surface area (Å²) in [6.07, 6.45) is 5.05. The number of aromatic nitrogens is 1. The zero-order chi connectivity index (χ0) is 31.7. The van der Waals surface area contributed by atoms with Crippen molar-refractivity contribution in [3.63, 3.8) is 0 Å². The summed E-state index contributed by atoms with van der Waals surface area (Å²) in [4.78, 5) is 20.6. The molecule has 1 aromatic heterocycles. The maximum Gasteiger partial charge on any atom is 0.231 e. The number of nitrogens with zero attached hydrogens (tertiary/aromatic N) is 4. The lowest BCUT2D eigenvalue weighted by atomic mass is 9.93. The second-order valence-electron chi connectivity index (χ2n) is 11.4. The van der Waals surface area contributed by atoms with Crippen molar-refractivity contribution in [2.45, 2.75) is 94.9 Å². The third kappa shape index (κ3) is 8.38. The van der Waals surface area contributed by atoms with E-state index in [1.54, 1.807) is 0 Å². The third-order valence-electron chi connectivity index (χ3n) is 8.05. The number of fused-ring (bicyclic) bond motifs is 1. The molecule has 6 heteroatoms. The summed E-state index contributed by atoms with van der Waals surface area (Å²) in [5.41, 5.74) is 9.92. The van der Waals surface area contributed by atoms with Crippen LogP contribution in [0.4, 0.5) is 16.5 Å². The molecule has 5 nitrogen and oxygen atoms in total. The maximum absolute atomic E-state index is 13.4. The van der Waals surface area contributed by atoms with E-state index in [-0.39, 0.29) is 5.78 Å². The lowest BCUT2D eigenvalue weighted by molar-refractivity contribution is 0.103.